The molecule has 3 rings (SSSR count). The van der Waals surface area contributed by atoms with E-state index in [0.29, 0.717) is 6.04 Å². The molecule has 1 atom stereocenters. The zero-order chi connectivity index (χ0) is 14.8. The zero-order valence-corrected chi connectivity index (χ0v) is 12.8. The number of hydrogen-bond acceptors (Lipinski definition) is 6. The van der Waals surface area contributed by atoms with Crippen molar-refractivity contribution in [2.45, 2.75) is 25.9 Å². The molecule has 1 unspecified atom stereocenters. The van der Waals surface area contributed by atoms with Crippen LogP contribution < -0.4 is 4.90 Å². The highest BCUT2D eigenvalue weighted by Gasteiger charge is 2.27. The molecule has 1 saturated heterocycles. The zero-order valence-electron chi connectivity index (χ0n) is 12.8. The topological polar surface area (TPSA) is 63.0 Å². The van der Waals surface area contributed by atoms with Gasteiger partial charge in [0.1, 0.15) is 0 Å². The summed E-state index contributed by atoms with van der Waals surface area (Å²) in [4.78, 5) is 13.5. The van der Waals surface area contributed by atoms with E-state index in [1.54, 1.807) is 4.68 Å². The van der Waals surface area contributed by atoms with Crippen LogP contribution in [0.25, 0.3) is 0 Å². The second kappa shape index (κ2) is 5.77. The Hall–Kier alpha value is -2.02. The smallest absolute Gasteiger partial charge is 0.225 e. The van der Waals surface area contributed by atoms with Crippen LogP contribution in [0.15, 0.2) is 18.5 Å². The number of rotatable bonds is 4. The number of anilines is 1. The Morgan fingerprint density at radius 3 is 3.00 bits per heavy atom. The van der Waals surface area contributed by atoms with Gasteiger partial charge in [-0.2, -0.15) is 0 Å². The maximum Gasteiger partial charge on any atom is 0.225 e. The molecule has 1 aliphatic rings. The van der Waals surface area contributed by atoms with Crippen molar-refractivity contribution in [3.63, 3.8) is 0 Å². The van der Waals surface area contributed by atoms with E-state index in [0.717, 1.165) is 43.4 Å². The SMILES string of the molecule is Cc1ccnc(N(C)C2CCN(Cc3cn(C)nn3)C2)n1. The van der Waals surface area contributed by atoms with E-state index in [9.17, 15) is 0 Å². The molecule has 112 valence electrons. The third-order valence-electron chi connectivity index (χ3n) is 3.93. The first kappa shape index (κ1) is 13.9. The normalized spacial score (nSPS) is 19.1. The Balaban J connectivity index is 1.61. The number of likely N-dealkylation sites (tertiary alicyclic amines) is 1. The van der Waals surface area contributed by atoms with Crippen molar-refractivity contribution in [1.82, 2.24) is 29.9 Å². The van der Waals surface area contributed by atoms with Crippen molar-refractivity contribution in [1.29, 1.82) is 0 Å². The molecule has 1 aliphatic heterocycles. The molecule has 7 heteroatoms. The highest BCUT2D eigenvalue weighted by Crippen LogP contribution is 2.19. The van der Waals surface area contributed by atoms with Gasteiger partial charge in [0, 0.05) is 57.9 Å². The van der Waals surface area contributed by atoms with Crippen LogP contribution in [0.4, 0.5) is 5.95 Å². The number of likely N-dealkylation sites (N-methyl/N-ethyl adjacent to an activating group) is 1. The van der Waals surface area contributed by atoms with Crippen LogP contribution in [0.1, 0.15) is 17.8 Å². The van der Waals surface area contributed by atoms with Gasteiger partial charge in [-0.15, -0.1) is 5.10 Å². The molecule has 0 amide bonds. The van der Waals surface area contributed by atoms with Gasteiger partial charge in [-0.3, -0.25) is 9.58 Å². The van der Waals surface area contributed by atoms with E-state index in [1.165, 1.54) is 0 Å². The summed E-state index contributed by atoms with van der Waals surface area (Å²) in [5.41, 5.74) is 2.02. The molecule has 3 heterocycles. The summed E-state index contributed by atoms with van der Waals surface area (Å²) >= 11 is 0. The fraction of sp³-hybridized carbons (Fsp3) is 0.571. The Labute approximate surface area is 124 Å². The van der Waals surface area contributed by atoms with Gasteiger partial charge in [-0.25, -0.2) is 9.97 Å². The standard InChI is InChI=1S/C14H21N7/c1-11-4-6-15-14(16-11)20(3)13-5-7-21(10-13)9-12-8-19(2)18-17-12/h4,6,8,13H,5,7,9-10H2,1-3H3. The van der Waals surface area contributed by atoms with E-state index in [2.05, 4.69) is 37.1 Å². The van der Waals surface area contributed by atoms with E-state index >= 15 is 0 Å². The molecule has 1 fully saturated rings. The van der Waals surface area contributed by atoms with Gasteiger partial charge in [-0.05, 0) is 19.4 Å². The molecule has 0 N–H and O–H groups in total. The molecule has 0 spiro atoms. The maximum absolute atomic E-state index is 4.50. The third-order valence-corrected chi connectivity index (χ3v) is 3.93. The summed E-state index contributed by atoms with van der Waals surface area (Å²) in [5, 5.41) is 8.13. The molecule has 0 saturated carbocycles. The molecular formula is C14H21N7. The first-order chi connectivity index (χ1) is 10.1. The average molecular weight is 287 g/mol. The minimum atomic E-state index is 0.448. The van der Waals surface area contributed by atoms with Crippen LogP contribution in [0.5, 0.6) is 0 Å². The second-order valence-corrected chi connectivity index (χ2v) is 5.67. The largest absolute Gasteiger partial charge is 0.340 e. The van der Waals surface area contributed by atoms with Gasteiger partial charge >= 0.3 is 0 Å². The Morgan fingerprint density at radius 1 is 1.43 bits per heavy atom. The fourth-order valence-corrected chi connectivity index (χ4v) is 2.74. The van der Waals surface area contributed by atoms with Crippen LogP contribution in [0.3, 0.4) is 0 Å². The third kappa shape index (κ3) is 3.18. The number of hydrogen-bond donors (Lipinski definition) is 0. The Bertz CT molecular complexity index is 609. The minimum absolute atomic E-state index is 0.448. The van der Waals surface area contributed by atoms with Crippen molar-refractivity contribution >= 4 is 5.95 Å². The highest BCUT2D eigenvalue weighted by molar-refractivity contribution is 5.31. The monoisotopic (exact) mass is 287 g/mol. The Morgan fingerprint density at radius 2 is 2.29 bits per heavy atom. The van der Waals surface area contributed by atoms with Gasteiger partial charge < -0.3 is 4.90 Å². The Kier molecular flexibility index (Phi) is 3.83. The molecule has 2 aromatic heterocycles. The molecule has 0 aromatic carbocycles. The number of aromatic nitrogens is 5. The average Bonchev–Trinajstić information content (AvgIpc) is 3.08. The minimum Gasteiger partial charge on any atom is -0.340 e. The van der Waals surface area contributed by atoms with Crippen LogP contribution in [-0.4, -0.2) is 56.0 Å². The summed E-state index contributed by atoms with van der Waals surface area (Å²) in [7, 11) is 3.97. The number of nitrogens with zero attached hydrogens (tertiary/aromatic N) is 7. The lowest BCUT2D eigenvalue weighted by Crippen LogP contribution is -2.35. The van der Waals surface area contributed by atoms with Crippen molar-refractivity contribution in [3.8, 4) is 0 Å². The predicted molar refractivity (Wildman–Crippen MR) is 79.9 cm³/mol. The maximum atomic E-state index is 4.50. The van der Waals surface area contributed by atoms with E-state index in [4.69, 9.17) is 0 Å². The quantitative estimate of drug-likeness (QED) is 0.821. The first-order valence-corrected chi connectivity index (χ1v) is 7.22. The molecule has 2 aromatic rings. The summed E-state index contributed by atoms with van der Waals surface area (Å²) in [6, 6.07) is 2.37. The predicted octanol–water partition coefficient (Wildman–Crippen LogP) is 0.624. The van der Waals surface area contributed by atoms with E-state index < -0.39 is 0 Å². The summed E-state index contributed by atoms with van der Waals surface area (Å²) < 4.78 is 1.75. The van der Waals surface area contributed by atoms with Crippen LogP contribution in [0, 0.1) is 6.92 Å². The van der Waals surface area contributed by atoms with Gasteiger partial charge in [0.05, 0.1) is 5.69 Å². The lowest BCUT2D eigenvalue weighted by atomic mass is 10.2. The highest BCUT2D eigenvalue weighted by atomic mass is 15.4. The lowest BCUT2D eigenvalue weighted by Gasteiger charge is -2.24. The molecular weight excluding hydrogens is 266 g/mol. The van der Waals surface area contributed by atoms with Crippen molar-refractivity contribution < 1.29 is 0 Å². The fourth-order valence-electron chi connectivity index (χ4n) is 2.74. The second-order valence-electron chi connectivity index (χ2n) is 5.67. The van der Waals surface area contributed by atoms with Crippen LogP contribution in [-0.2, 0) is 13.6 Å². The van der Waals surface area contributed by atoms with Crippen molar-refractivity contribution in [2.24, 2.45) is 7.05 Å². The van der Waals surface area contributed by atoms with Crippen LogP contribution in [0.2, 0.25) is 0 Å². The summed E-state index contributed by atoms with van der Waals surface area (Å²) in [5.74, 6) is 0.807. The summed E-state index contributed by atoms with van der Waals surface area (Å²) in [6.45, 7) is 4.92. The van der Waals surface area contributed by atoms with Crippen molar-refractivity contribution in [2.75, 3.05) is 25.0 Å². The van der Waals surface area contributed by atoms with Crippen LogP contribution >= 0.6 is 0 Å². The molecule has 0 aliphatic carbocycles. The van der Waals surface area contributed by atoms with Crippen molar-refractivity contribution in [3.05, 3.63) is 29.8 Å². The number of aryl methyl sites for hydroxylation is 2. The molecule has 0 bridgehead atoms. The lowest BCUT2D eigenvalue weighted by molar-refractivity contribution is 0.321. The first-order valence-electron chi connectivity index (χ1n) is 7.22. The molecule has 21 heavy (non-hydrogen) atoms. The summed E-state index contributed by atoms with van der Waals surface area (Å²) in [6.07, 6.45) is 4.91. The molecule has 7 nitrogen and oxygen atoms in total. The van der Waals surface area contributed by atoms with Gasteiger partial charge in [0.15, 0.2) is 0 Å². The van der Waals surface area contributed by atoms with Gasteiger partial charge in [0.2, 0.25) is 5.95 Å². The van der Waals surface area contributed by atoms with Gasteiger partial charge in [-0.1, -0.05) is 5.21 Å². The van der Waals surface area contributed by atoms with Gasteiger partial charge in [0.25, 0.3) is 0 Å². The molecule has 0 radical (unpaired) electrons. The van der Waals surface area contributed by atoms with E-state index in [-0.39, 0.29) is 0 Å². The van der Waals surface area contributed by atoms with E-state index in [1.807, 2.05) is 32.4 Å².